The summed E-state index contributed by atoms with van der Waals surface area (Å²) in [5.74, 6) is 2.66. The zero-order valence-electron chi connectivity index (χ0n) is 10.8. The van der Waals surface area contributed by atoms with Gasteiger partial charge in [0, 0.05) is 35.3 Å². The molecular weight excluding hydrogens is 244 g/mol. The second kappa shape index (κ2) is 5.38. The fourth-order valence-electron chi connectivity index (χ4n) is 2.16. The quantitative estimate of drug-likeness (QED) is 0.652. The predicted molar refractivity (Wildman–Crippen MR) is 80.8 cm³/mol. The van der Waals surface area contributed by atoms with Gasteiger partial charge in [0.2, 0.25) is 0 Å². The summed E-state index contributed by atoms with van der Waals surface area (Å²) in [6, 6.07) is 15.8. The molecule has 94 valence electrons. The molecule has 2 nitrogen and oxygen atoms in total. The third-order valence-corrected chi connectivity index (χ3v) is 3.10. The van der Waals surface area contributed by atoms with Crippen LogP contribution < -0.4 is 0 Å². The van der Waals surface area contributed by atoms with Gasteiger partial charge < -0.3 is 0 Å². The van der Waals surface area contributed by atoms with Crippen LogP contribution in [0.1, 0.15) is 5.56 Å². The standard InChI is InChI=1S/C18H12N2/c1-2-14-5-3-6-16(13-14)18-17(7-4-10-20-18)15-8-11-19-12-9-15/h1,3-13H. The summed E-state index contributed by atoms with van der Waals surface area (Å²) in [6.07, 6.45) is 10.8. The first-order valence-corrected chi connectivity index (χ1v) is 6.31. The molecule has 0 aliphatic carbocycles. The Balaban J connectivity index is 2.18. The Morgan fingerprint density at radius 2 is 1.70 bits per heavy atom. The van der Waals surface area contributed by atoms with E-state index in [1.54, 1.807) is 18.6 Å². The van der Waals surface area contributed by atoms with Crippen molar-refractivity contribution in [1.29, 1.82) is 0 Å². The molecular formula is C18H12N2. The topological polar surface area (TPSA) is 25.8 Å². The highest BCUT2D eigenvalue weighted by atomic mass is 14.7. The van der Waals surface area contributed by atoms with Crippen molar-refractivity contribution in [3.63, 3.8) is 0 Å². The largest absolute Gasteiger partial charge is 0.265 e. The summed E-state index contributed by atoms with van der Waals surface area (Å²) >= 11 is 0. The van der Waals surface area contributed by atoms with E-state index < -0.39 is 0 Å². The number of nitrogens with zero attached hydrogens (tertiary/aromatic N) is 2. The van der Waals surface area contributed by atoms with E-state index in [-0.39, 0.29) is 0 Å². The van der Waals surface area contributed by atoms with Crippen molar-refractivity contribution in [3.8, 4) is 34.7 Å². The molecule has 2 heteroatoms. The first kappa shape index (κ1) is 12.1. The van der Waals surface area contributed by atoms with Crippen LogP contribution in [0.3, 0.4) is 0 Å². The fourth-order valence-corrected chi connectivity index (χ4v) is 2.16. The number of hydrogen-bond acceptors (Lipinski definition) is 2. The highest BCUT2D eigenvalue weighted by Crippen LogP contribution is 2.29. The molecule has 0 radical (unpaired) electrons. The lowest BCUT2D eigenvalue weighted by atomic mass is 9.99. The third kappa shape index (κ3) is 2.30. The molecule has 2 aromatic heterocycles. The van der Waals surface area contributed by atoms with Gasteiger partial charge in [-0.1, -0.05) is 24.1 Å². The van der Waals surface area contributed by atoms with Crippen LogP contribution in [0.5, 0.6) is 0 Å². The molecule has 0 fully saturated rings. The lowest BCUT2D eigenvalue weighted by Gasteiger charge is -2.09. The second-order valence-corrected chi connectivity index (χ2v) is 4.36. The Kier molecular flexibility index (Phi) is 3.26. The Hall–Kier alpha value is -2.92. The van der Waals surface area contributed by atoms with Crippen LogP contribution in [-0.2, 0) is 0 Å². The fraction of sp³-hybridized carbons (Fsp3) is 0. The van der Waals surface area contributed by atoms with Crippen molar-refractivity contribution >= 4 is 0 Å². The summed E-state index contributed by atoms with van der Waals surface area (Å²) in [6.45, 7) is 0. The maximum absolute atomic E-state index is 5.47. The van der Waals surface area contributed by atoms with Crippen molar-refractivity contribution in [2.45, 2.75) is 0 Å². The second-order valence-electron chi connectivity index (χ2n) is 4.36. The first-order chi connectivity index (χ1) is 9.88. The van der Waals surface area contributed by atoms with Crippen molar-refractivity contribution in [3.05, 3.63) is 72.7 Å². The molecule has 1 aromatic carbocycles. The predicted octanol–water partition coefficient (Wildman–Crippen LogP) is 3.79. The van der Waals surface area contributed by atoms with Crippen molar-refractivity contribution < 1.29 is 0 Å². The van der Waals surface area contributed by atoms with Gasteiger partial charge in [-0.15, -0.1) is 6.42 Å². The van der Waals surface area contributed by atoms with E-state index in [0.717, 1.165) is 27.9 Å². The van der Waals surface area contributed by atoms with Crippen LogP contribution in [0.2, 0.25) is 0 Å². The molecule has 0 aliphatic rings. The number of pyridine rings is 2. The third-order valence-electron chi connectivity index (χ3n) is 3.10. The normalized spacial score (nSPS) is 9.95. The monoisotopic (exact) mass is 256 g/mol. The van der Waals surface area contributed by atoms with Gasteiger partial charge in [0.05, 0.1) is 5.69 Å². The van der Waals surface area contributed by atoms with Gasteiger partial charge >= 0.3 is 0 Å². The van der Waals surface area contributed by atoms with Gasteiger partial charge in [0.15, 0.2) is 0 Å². The first-order valence-electron chi connectivity index (χ1n) is 6.31. The lowest BCUT2D eigenvalue weighted by molar-refractivity contribution is 1.30. The van der Waals surface area contributed by atoms with E-state index in [1.807, 2.05) is 42.5 Å². The number of hydrogen-bond donors (Lipinski definition) is 0. The highest BCUT2D eigenvalue weighted by molar-refractivity contribution is 5.80. The molecule has 0 unspecified atom stereocenters. The van der Waals surface area contributed by atoms with E-state index in [9.17, 15) is 0 Å². The smallest absolute Gasteiger partial charge is 0.0780 e. The summed E-state index contributed by atoms with van der Waals surface area (Å²) in [7, 11) is 0. The molecule has 3 aromatic rings. The highest BCUT2D eigenvalue weighted by Gasteiger charge is 2.08. The Morgan fingerprint density at radius 1 is 0.850 bits per heavy atom. The molecule has 0 saturated carbocycles. The molecule has 2 heterocycles. The van der Waals surface area contributed by atoms with Crippen LogP contribution >= 0.6 is 0 Å². The van der Waals surface area contributed by atoms with Crippen LogP contribution in [0.4, 0.5) is 0 Å². The SMILES string of the molecule is C#Cc1cccc(-c2ncccc2-c2ccncc2)c1. The number of aromatic nitrogens is 2. The van der Waals surface area contributed by atoms with Gasteiger partial charge in [0.25, 0.3) is 0 Å². The number of rotatable bonds is 2. The summed E-state index contributed by atoms with van der Waals surface area (Å²) in [4.78, 5) is 8.57. The summed E-state index contributed by atoms with van der Waals surface area (Å²) in [5, 5.41) is 0. The van der Waals surface area contributed by atoms with Crippen LogP contribution in [-0.4, -0.2) is 9.97 Å². The summed E-state index contributed by atoms with van der Waals surface area (Å²) < 4.78 is 0. The van der Waals surface area contributed by atoms with Crippen LogP contribution in [0.25, 0.3) is 22.4 Å². The van der Waals surface area contributed by atoms with Gasteiger partial charge in [-0.3, -0.25) is 9.97 Å². The van der Waals surface area contributed by atoms with E-state index in [2.05, 4.69) is 22.0 Å². The van der Waals surface area contributed by atoms with E-state index in [1.165, 1.54) is 0 Å². The maximum atomic E-state index is 5.47. The minimum absolute atomic E-state index is 0.855. The van der Waals surface area contributed by atoms with Crippen LogP contribution in [0, 0.1) is 12.3 Å². The van der Waals surface area contributed by atoms with Crippen molar-refractivity contribution in [1.82, 2.24) is 9.97 Å². The molecule has 0 N–H and O–H groups in total. The Morgan fingerprint density at radius 3 is 2.50 bits per heavy atom. The van der Waals surface area contributed by atoms with Gasteiger partial charge in [0.1, 0.15) is 0 Å². The number of benzene rings is 1. The Labute approximate surface area is 118 Å². The molecule has 0 spiro atoms. The van der Waals surface area contributed by atoms with Gasteiger partial charge in [-0.25, -0.2) is 0 Å². The maximum Gasteiger partial charge on any atom is 0.0780 e. The molecule has 0 bridgehead atoms. The lowest BCUT2D eigenvalue weighted by Crippen LogP contribution is -1.89. The average Bonchev–Trinajstić information content (AvgIpc) is 2.56. The van der Waals surface area contributed by atoms with Gasteiger partial charge in [-0.05, 0) is 35.9 Å². The zero-order chi connectivity index (χ0) is 13.8. The molecule has 0 saturated heterocycles. The average molecular weight is 256 g/mol. The summed E-state index contributed by atoms with van der Waals surface area (Å²) in [5.41, 5.74) is 4.97. The number of terminal acetylenes is 1. The van der Waals surface area contributed by atoms with E-state index in [0.29, 0.717) is 0 Å². The molecule has 0 atom stereocenters. The molecule has 0 amide bonds. The minimum Gasteiger partial charge on any atom is -0.265 e. The van der Waals surface area contributed by atoms with Gasteiger partial charge in [-0.2, -0.15) is 0 Å². The van der Waals surface area contributed by atoms with Crippen molar-refractivity contribution in [2.75, 3.05) is 0 Å². The molecule has 20 heavy (non-hydrogen) atoms. The van der Waals surface area contributed by atoms with Crippen molar-refractivity contribution in [2.24, 2.45) is 0 Å². The Bertz CT molecular complexity index is 771. The minimum atomic E-state index is 0.855. The molecule has 0 aliphatic heterocycles. The zero-order valence-corrected chi connectivity index (χ0v) is 10.8. The van der Waals surface area contributed by atoms with Crippen LogP contribution in [0.15, 0.2) is 67.1 Å². The van der Waals surface area contributed by atoms with E-state index in [4.69, 9.17) is 6.42 Å². The van der Waals surface area contributed by atoms with E-state index >= 15 is 0 Å². The molecule has 3 rings (SSSR count).